The summed E-state index contributed by atoms with van der Waals surface area (Å²) in [6.45, 7) is 2.48. The van der Waals surface area contributed by atoms with Crippen LogP contribution in [0.3, 0.4) is 0 Å². The molecule has 0 fully saturated rings. The van der Waals surface area contributed by atoms with Crippen molar-refractivity contribution in [2.75, 3.05) is 49.5 Å². The number of sulfonamides is 1. The van der Waals surface area contributed by atoms with Gasteiger partial charge in [0.25, 0.3) is 15.7 Å². The second-order valence-corrected chi connectivity index (χ2v) is 8.47. The Morgan fingerprint density at radius 1 is 1.07 bits per heavy atom. The predicted octanol–water partition coefficient (Wildman–Crippen LogP) is 2.17. The SMILES string of the molecule is CN(C)CCN1CCN(S(=O)(=O)c2cccc([N+](=O)[O-])c2)c2ccccc21. The van der Waals surface area contributed by atoms with Gasteiger partial charge in [0.2, 0.25) is 0 Å². The summed E-state index contributed by atoms with van der Waals surface area (Å²) in [6.07, 6.45) is 0. The van der Waals surface area contributed by atoms with E-state index in [1.165, 1.54) is 22.5 Å². The first kappa shape index (κ1) is 19.1. The van der Waals surface area contributed by atoms with Crippen LogP contribution in [0.4, 0.5) is 17.1 Å². The highest BCUT2D eigenvalue weighted by atomic mass is 32.2. The molecule has 0 saturated heterocycles. The molecule has 8 nitrogen and oxygen atoms in total. The molecule has 0 radical (unpaired) electrons. The monoisotopic (exact) mass is 390 g/mol. The van der Waals surface area contributed by atoms with Crippen molar-refractivity contribution in [3.05, 3.63) is 58.6 Å². The number of fused-ring (bicyclic) bond motifs is 1. The number of likely N-dealkylation sites (N-methyl/N-ethyl adjacent to an activating group) is 1. The lowest BCUT2D eigenvalue weighted by Gasteiger charge is -2.38. The second-order valence-electron chi connectivity index (χ2n) is 6.61. The Balaban J connectivity index is 1.98. The Bertz CT molecular complexity index is 946. The third-order valence-corrected chi connectivity index (χ3v) is 6.31. The van der Waals surface area contributed by atoms with Crippen molar-refractivity contribution in [2.45, 2.75) is 4.90 Å². The van der Waals surface area contributed by atoms with E-state index in [2.05, 4.69) is 9.80 Å². The Hall–Kier alpha value is -2.65. The lowest BCUT2D eigenvalue weighted by atomic mass is 10.2. The normalized spacial score (nSPS) is 14.3. The maximum atomic E-state index is 13.2. The van der Waals surface area contributed by atoms with Gasteiger partial charge >= 0.3 is 0 Å². The molecular weight excluding hydrogens is 368 g/mol. The lowest BCUT2D eigenvalue weighted by Crippen LogP contribution is -2.45. The summed E-state index contributed by atoms with van der Waals surface area (Å²) in [5.74, 6) is 0. The Labute approximate surface area is 158 Å². The first-order valence-electron chi connectivity index (χ1n) is 8.56. The molecule has 0 unspecified atom stereocenters. The Kier molecular flexibility index (Phi) is 5.33. The van der Waals surface area contributed by atoms with Gasteiger partial charge in [0.05, 0.1) is 27.7 Å². The van der Waals surface area contributed by atoms with Gasteiger partial charge in [-0.3, -0.25) is 14.4 Å². The quantitative estimate of drug-likeness (QED) is 0.555. The minimum Gasteiger partial charge on any atom is -0.367 e. The van der Waals surface area contributed by atoms with Gasteiger partial charge in [-0.25, -0.2) is 8.42 Å². The number of rotatable bonds is 6. The molecule has 0 atom stereocenters. The zero-order valence-corrected chi connectivity index (χ0v) is 16.1. The largest absolute Gasteiger partial charge is 0.367 e. The van der Waals surface area contributed by atoms with Crippen molar-refractivity contribution in [3.63, 3.8) is 0 Å². The summed E-state index contributed by atoms with van der Waals surface area (Å²) >= 11 is 0. The van der Waals surface area contributed by atoms with E-state index in [9.17, 15) is 18.5 Å². The molecule has 1 heterocycles. The van der Waals surface area contributed by atoms with Crippen molar-refractivity contribution in [3.8, 4) is 0 Å². The molecule has 0 amide bonds. The predicted molar refractivity (Wildman–Crippen MR) is 105 cm³/mol. The highest BCUT2D eigenvalue weighted by Gasteiger charge is 2.32. The van der Waals surface area contributed by atoms with Crippen LogP contribution in [0.5, 0.6) is 0 Å². The molecule has 2 aromatic carbocycles. The fourth-order valence-corrected chi connectivity index (χ4v) is 4.59. The van der Waals surface area contributed by atoms with E-state index in [4.69, 9.17) is 0 Å². The van der Waals surface area contributed by atoms with Crippen LogP contribution < -0.4 is 9.21 Å². The van der Waals surface area contributed by atoms with Gasteiger partial charge in [0.1, 0.15) is 0 Å². The average Bonchev–Trinajstić information content (AvgIpc) is 2.65. The molecule has 0 N–H and O–H groups in total. The van der Waals surface area contributed by atoms with Gasteiger partial charge in [0, 0.05) is 31.8 Å². The van der Waals surface area contributed by atoms with Gasteiger partial charge in [-0.1, -0.05) is 18.2 Å². The van der Waals surface area contributed by atoms with E-state index in [1.807, 2.05) is 26.2 Å². The molecule has 27 heavy (non-hydrogen) atoms. The molecule has 0 aromatic heterocycles. The van der Waals surface area contributed by atoms with E-state index < -0.39 is 14.9 Å². The third-order valence-electron chi connectivity index (χ3n) is 4.50. The summed E-state index contributed by atoms with van der Waals surface area (Å²) in [4.78, 5) is 14.6. The molecule has 0 bridgehead atoms. The molecule has 0 aliphatic carbocycles. The Morgan fingerprint density at radius 3 is 2.44 bits per heavy atom. The molecule has 0 spiro atoms. The molecule has 2 aromatic rings. The van der Waals surface area contributed by atoms with Crippen LogP contribution in [0.15, 0.2) is 53.4 Å². The number of benzene rings is 2. The van der Waals surface area contributed by atoms with Crippen molar-refractivity contribution in [1.82, 2.24) is 4.90 Å². The Morgan fingerprint density at radius 2 is 1.78 bits per heavy atom. The summed E-state index contributed by atoms with van der Waals surface area (Å²) in [5.41, 5.74) is 1.20. The van der Waals surface area contributed by atoms with E-state index in [0.717, 1.165) is 24.8 Å². The fraction of sp³-hybridized carbons (Fsp3) is 0.333. The molecule has 1 aliphatic rings. The zero-order chi connectivity index (χ0) is 19.6. The van der Waals surface area contributed by atoms with Crippen LogP contribution in [0.2, 0.25) is 0 Å². The van der Waals surface area contributed by atoms with Crippen LogP contribution in [-0.2, 0) is 10.0 Å². The van der Waals surface area contributed by atoms with Crippen molar-refractivity contribution in [1.29, 1.82) is 0 Å². The standard InChI is InChI=1S/C18H22N4O4S/c1-19(2)10-11-20-12-13-21(18-9-4-3-8-17(18)20)27(25,26)16-7-5-6-15(14-16)22(23)24/h3-9,14H,10-13H2,1-2H3. The number of nitro groups is 1. The van der Waals surface area contributed by atoms with Crippen molar-refractivity contribution < 1.29 is 13.3 Å². The number of nitro benzene ring substituents is 1. The summed E-state index contributed by atoms with van der Waals surface area (Å²) in [7, 11) is 0.0956. The third kappa shape index (κ3) is 3.88. The van der Waals surface area contributed by atoms with Crippen LogP contribution in [-0.4, -0.2) is 58.5 Å². The number of para-hydroxylation sites is 2. The highest BCUT2D eigenvalue weighted by molar-refractivity contribution is 7.92. The summed E-state index contributed by atoms with van der Waals surface area (Å²) in [5, 5.41) is 11.0. The molecule has 0 saturated carbocycles. The minimum atomic E-state index is -3.89. The topological polar surface area (TPSA) is 87.0 Å². The van der Waals surface area contributed by atoms with E-state index in [1.54, 1.807) is 12.1 Å². The van der Waals surface area contributed by atoms with Crippen LogP contribution in [0, 0.1) is 10.1 Å². The molecular formula is C18H22N4O4S. The second kappa shape index (κ2) is 7.53. The maximum Gasteiger partial charge on any atom is 0.270 e. The molecule has 9 heteroatoms. The van der Waals surface area contributed by atoms with Crippen LogP contribution >= 0.6 is 0 Å². The first-order valence-corrected chi connectivity index (χ1v) is 10.0. The number of hydrogen-bond acceptors (Lipinski definition) is 6. The number of hydrogen-bond donors (Lipinski definition) is 0. The van der Waals surface area contributed by atoms with Gasteiger partial charge < -0.3 is 9.80 Å². The van der Waals surface area contributed by atoms with E-state index in [0.29, 0.717) is 12.2 Å². The average molecular weight is 390 g/mol. The minimum absolute atomic E-state index is 0.0757. The molecule has 3 rings (SSSR count). The maximum absolute atomic E-state index is 13.2. The van der Waals surface area contributed by atoms with E-state index >= 15 is 0 Å². The molecule has 1 aliphatic heterocycles. The van der Waals surface area contributed by atoms with Crippen LogP contribution in [0.25, 0.3) is 0 Å². The van der Waals surface area contributed by atoms with Crippen molar-refractivity contribution in [2.24, 2.45) is 0 Å². The van der Waals surface area contributed by atoms with Gasteiger partial charge in [-0.15, -0.1) is 0 Å². The number of non-ortho nitro benzene ring substituents is 1. The number of anilines is 2. The van der Waals surface area contributed by atoms with Gasteiger partial charge in [0.15, 0.2) is 0 Å². The summed E-state index contributed by atoms with van der Waals surface area (Å²) in [6, 6.07) is 12.5. The lowest BCUT2D eigenvalue weighted by molar-refractivity contribution is -0.385. The van der Waals surface area contributed by atoms with Gasteiger partial charge in [-0.05, 0) is 32.3 Å². The highest BCUT2D eigenvalue weighted by Crippen LogP contribution is 2.36. The smallest absolute Gasteiger partial charge is 0.270 e. The summed E-state index contributed by atoms with van der Waals surface area (Å²) < 4.78 is 27.7. The first-order chi connectivity index (χ1) is 12.8. The molecule has 144 valence electrons. The zero-order valence-electron chi connectivity index (χ0n) is 15.3. The fourth-order valence-electron chi connectivity index (χ4n) is 3.08. The van der Waals surface area contributed by atoms with Crippen molar-refractivity contribution >= 4 is 27.1 Å². The van der Waals surface area contributed by atoms with Gasteiger partial charge in [-0.2, -0.15) is 0 Å². The van der Waals surface area contributed by atoms with E-state index in [-0.39, 0.29) is 17.1 Å². The number of nitrogens with zero attached hydrogens (tertiary/aromatic N) is 4. The van der Waals surface area contributed by atoms with Crippen LogP contribution in [0.1, 0.15) is 0 Å².